The summed E-state index contributed by atoms with van der Waals surface area (Å²) in [7, 11) is 0. The molecule has 0 atom stereocenters. The first-order valence-corrected chi connectivity index (χ1v) is 6.62. The minimum absolute atomic E-state index is 0.166. The average molecular weight is 307 g/mol. The van der Waals surface area contributed by atoms with Crippen molar-refractivity contribution in [2.24, 2.45) is 0 Å². The lowest BCUT2D eigenvalue weighted by molar-refractivity contribution is 0.242. The first-order valence-electron chi connectivity index (χ1n) is 5.83. The van der Waals surface area contributed by atoms with Crippen LogP contribution >= 0.6 is 15.9 Å². The van der Waals surface area contributed by atoms with Crippen LogP contribution in [0.25, 0.3) is 11.3 Å². The third-order valence-corrected chi connectivity index (χ3v) is 2.71. The molecule has 2 aromatic rings. The van der Waals surface area contributed by atoms with E-state index in [4.69, 9.17) is 4.74 Å². The number of hydrogen-bond donors (Lipinski definition) is 0. The summed E-state index contributed by atoms with van der Waals surface area (Å²) in [5.41, 5.74) is 1.92. The molecular formula is C14H15BrN2O. The Morgan fingerprint density at radius 2 is 1.94 bits per heavy atom. The molecule has 1 aromatic heterocycles. The number of rotatable bonds is 3. The van der Waals surface area contributed by atoms with Crippen molar-refractivity contribution in [1.29, 1.82) is 0 Å². The number of ether oxygens (including phenoxy) is 1. The molecule has 1 heterocycles. The normalized spacial score (nSPS) is 10.7. The summed E-state index contributed by atoms with van der Waals surface area (Å²) in [6.07, 6.45) is 0.166. The fourth-order valence-electron chi connectivity index (χ4n) is 1.68. The highest BCUT2D eigenvalue weighted by atomic mass is 79.9. The van der Waals surface area contributed by atoms with Gasteiger partial charge in [-0.25, -0.2) is 9.97 Å². The van der Waals surface area contributed by atoms with Gasteiger partial charge in [0.1, 0.15) is 16.2 Å². The molecule has 0 saturated carbocycles. The van der Waals surface area contributed by atoms with Gasteiger partial charge in [0.2, 0.25) is 0 Å². The highest BCUT2D eigenvalue weighted by Crippen LogP contribution is 2.24. The smallest absolute Gasteiger partial charge is 0.127 e. The lowest BCUT2D eigenvalue weighted by Crippen LogP contribution is -2.05. The monoisotopic (exact) mass is 306 g/mol. The Balaban J connectivity index is 2.38. The van der Waals surface area contributed by atoms with Crippen molar-refractivity contribution in [3.8, 4) is 17.0 Å². The Morgan fingerprint density at radius 1 is 1.17 bits per heavy atom. The van der Waals surface area contributed by atoms with E-state index in [2.05, 4.69) is 25.9 Å². The molecule has 0 aliphatic rings. The van der Waals surface area contributed by atoms with E-state index in [1.165, 1.54) is 0 Å². The van der Waals surface area contributed by atoms with E-state index in [9.17, 15) is 0 Å². The molecule has 0 amide bonds. The Hall–Kier alpha value is -1.42. The van der Waals surface area contributed by atoms with Crippen molar-refractivity contribution < 1.29 is 4.74 Å². The number of aryl methyl sites for hydroxylation is 1. The zero-order valence-corrected chi connectivity index (χ0v) is 12.2. The first kappa shape index (κ1) is 13.0. The van der Waals surface area contributed by atoms with E-state index >= 15 is 0 Å². The second-order valence-electron chi connectivity index (χ2n) is 4.32. The molecule has 0 aliphatic carbocycles. The van der Waals surface area contributed by atoms with Crippen LogP contribution in [0.5, 0.6) is 5.75 Å². The molecule has 94 valence electrons. The molecule has 1 aromatic carbocycles. The Labute approximate surface area is 115 Å². The molecule has 0 N–H and O–H groups in total. The molecule has 0 aliphatic heterocycles. The number of benzene rings is 1. The minimum atomic E-state index is 0.166. The van der Waals surface area contributed by atoms with Crippen LogP contribution in [-0.2, 0) is 0 Å². The second-order valence-corrected chi connectivity index (χ2v) is 5.13. The third kappa shape index (κ3) is 3.29. The summed E-state index contributed by atoms with van der Waals surface area (Å²) in [6, 6.07) is 9.84. The van der Waals surface area contributed by atoms with Gasteiger partial charge in [-0.1, -0.05) is 12.1 Å². The van der Waals surface area contributed by atoms with Gasteiger partial charge in [0.15, 0.2) is 0 Å². The molecule has 0 bridgehead atoms. The predicted octanol–water partition coefficient (Wildman–Crippen LogP) is 4.00. The van der Waals surface area contributed by atoms with Gasteiger partial charge in [-0.05, 0) is 54.9 Å². The van der Waals surface area contributed by atoms with Crippen molar-refractivity contribution in [3.63, 3.8) is 0 Å². The van der Waals surface area contributed by atoms with Gasteiger partial charge >= 0.3 is 0 Å². The van der Waals surface area contributed by atoms with Crippen LogP contribution in [0.4, 0.5) is 0 Å². The molecule has 0 spiro atoms. The van der Waals surface area contributed by atoms with E-state index in [0.29, 0.717) is 0 Å². The molecule has 2 rings (SSSR count). The van der Waals surface area contributed by atoms with Gasteiger partial charge in [0, 0.05) is 5.56 Å². The van der Waals surface area contributed by atoms with Crippen LogP contribution < -0.4 is 4.74 Å². The minimum Gasteiger partial charge on any atom is -0.491 e. The second kappa shape index (κ2) is 5.48. The van der Waals surface area contributed by atoms with E-state index < -0.39 is 0 Å². The van der Waals surface area contributed by atoms with Crippen LogP contribution in [0.15, 0.2) is 34.9 Å². The molecule has 3 nitrogen and oxygen atoms in total. The fourth-order valence-corrected chi connectivity index (χ4v) is 2.15. The zero-order valence-electron chi connectivity index (χ0n) is 10.6. The van der Waals surface area contributed by atoms with Crippen molar-refractivity contribution in [2.45, 2.75) is 26.9 Å². The van der Waals surface area contributed by atoms with Crippen molar-refractivity contribution in [1.82, 2.24) is 9.97 Å². The molecule has 0 radical (unpaired) electrons. The lowest BCUT2D eigenvalue weighted by atomic mass is 10.1. The van der Waals surface area contributed by atoms with Gasteiger partial charge in [0.25, 0.3) is 0 Å². The summed E-state index contributed by atoms with van der Waals surface area (Å²) in [6.45, 7) is 5.90. The van der Waals surface area contributed by atoms with Crippen LogP contribution in [-0.4, -0.2) is 16.1 Å². The number of nitrogens with zero attached hydrogens (tertiary/aromatic N) is 2. The molecule has 4 heteroatoms. The largest absolute Gasteiger partial charge is 0.491 e. The van der Waals surface area contributed by atoms with Crippen molar-refractivity contribution >= 4 is 15.9 Å². The Kier molecular flexibility index (Phi) is 3.97. The van der Waals surface area contributed by atoms with E-state index in [1.54, 1.807) is 0 Å². The summed E-state index contributed by atoms with van der Waals surface area (Å²) >= 11 is 3.39. The van der Waals surface area contributed by atoms with Gasteiger partial charge in [-0.2, -0.15) is 0 Å². The summed E-state index contributed by atoms with van der Waals surface area (Å²) < 4.78 is 6.47. The summed E-state index contributed by atoms with van der Waals surface area (Å²) in [5, 5.41) is 0. The Morgan fingerprint density at radius 3 is 2.61 bits per heavy atom. The van der Waals surface area contributed by atoms with Gasteiger partial charge in [0.05, 0.1) is 11.8 Å². The summed E-state index contributed by atoms with van der Waals surface area (Å²) in [5.74, 6) is 1.60. The van der Waals surface area contributed by atoms with Crippen molar-refractivity contribution in [2.75, 3.05) is 0 Å². The molecule has 0 saturated heterocycles. The van der Waals surface area contributed by atoms with E-state index in [0.717, 1.165) is 27.4 Å². The van der Waals surface area contributed by atoms with Gasteiger partial charge in [-0.15, -0.1) is 0 Å². The van der Waals surface area contributed by atoms with Crippen molar-refractivity contribution in [3.05, 3.63) is 40.8 Å². The molecule has 0 fully saturated rings. The maximum atomic E-state index is 5.68. The quantitative estimate of drug-likeness (QED) is 0.804. The number of halogens is 1. The number of aromatic nitrogens is 2. The molecule has 18 heavy (non-hydrogen) atoms. The summed E-state index contributed by atoms with van der Waals surface area (Å²) in [4.78, 5) is 8.63. The topological polar surface area (TPSA) is 35.0 Å². The molecule has 0 unspecified atom stereocenters. The third-order valence-electron chi connectivity index (χ3n) is 2.31. The van der Waals surface area contributed by atoms with Crippen LogP contribution in [0.3, 0.4) is 0 Å². The predicted molar refractivity (Wildman–Crippen MR) is 75.7 cm³/mol. The highest BCUT2D eigenvalue weighted by Gasteiger charge is 2.05. The highest BCUT2D eigenvalue weighted by molar-refractivity contribution is 9.10. The van der Waals surface area contributed by atoms with Crippen LogP contribution in [0, 0.1) is 6.92 Å². The zero-order chi connectivity index (χ0) is 13.1. The fraction of sp³-hybridized carbons (Fsp3) is 0.286. The maximum Gasteiger partial charge on any atom is 0.127 e. The van der Waals surface area contributed by atoms with Crippen LogP contribution in [0.1, 0.15) is 19.7 Å². The van der Waals surface area contributed by atoms with Crippen LogP contribution in [0.2, 0.25) is 0 Å². The molecular weight excluding hydrogens is 292 g/mol. The van der Waals surface area contributed by atoms with E-state index in [-0.39, 0.29) is 6.10 Å². The Bertz CT molecular complexity index is 535. The van der Waals surface area contributed by atoms with Gasteiger partial charge < -0.3 is 4.74 Å². The van der Waals surface area contributed by atoms with E-state index in [1.807, 2.05) is 51.1 Å². The van der Waals surface area contributed by atoms with Gasteiger partial charge in [-0.3, -0.25) is 0 Å². The lowest BCUT2D eigenvalue weighted by Gasteiger charge is -2.11. The average Bonchev–Trinajstić information content (AvgIpc) is 2.27. The standard InChI is InChI=1S/C14H15BrN2O/c1-9(2)18-12-6-4-5-11(7-12)13-8-14(15)17-10(3)16-13/h4-9H,1-3H3. The SMILES string of the molecule is Cc1nc(Br)cc(-c2cccc(OC(C)C)c2)n1. The first-order chi connectivity index (χ1) is 8.54. The number of hydrogen-bond acceptors (Lipinski definition) is 3. The maximum absolute atomic E-state index is 5.68.